The van der Waals surface area contributed by atoms with Crippen LogP contribution in [0.5, 0.6) is 0 Å². The van der Waals surface area contributed by atoms with Crippen LogP contribution in [0.15, 0.2) is 73.1 Å². The summed E-state index contributed by atoms with van der Waals surface area (Å²) < 4.78 is 43.7. The normalized spacial score (nSPS) is 11.7. The van der Waals surface area contributed by atoms with E-state index in [0.717, 1.165) is 17.2 Å². The van der Waals surface area contributed by atoms with Crippen molar-refractivity contribution in [3.05, 3.63) is 101 Å². The molecule has 0 spiro atoms. The fourth-order valence-corrected chi connectivity index (χ4v) is 3.85. The molecule has 182 valence electrons. The van der Waals surface area contributed by atoms with Crippen molar-refractivity contribution in [3.8, 4) is 11.3 Å². The maximum absolute atomic E-state index is 13.8. The van der Waals surface area contributed by atoms with E-state index in [1.807, 2.05) is 31.2 Å². The molecule has 5 aromatic rings. The minimum absolute atomic E-state index is 0.0795. The van der Waals surface area contributed by atoms with E-state index in [4.69, 9.17) is 11.6 Å². The molecule has 36 heavy (non-hydrogen) atoms. The van der Waals surface area contributed by atoms with Gasteiger partial charge in [0.2, 0.25) is 0 Å². The zero-order chi connectivity index (χ0) is 25.4. The molecular formula is C25H18ClF3N6O. The number of alkyl halides is 3. The van der Waals surface area contributed by atoms with E-state index in [1.165, 1.54) is 12.3 Å². The first-order chi connectivity index (χ1) is 17.2. The van der Waals surface area contributed by atoms with Crippen LogP contribution in [0.4, 0.5) is 18.9 Å². The molecule has 0 aliphatic carbocycles. The lowest BCUT2D eigenvalue weighted by atomic mass is 10.1. The van der Waals surface area contributed by atoms with E-state index in [9.17, 15) is 18.0 Å². The number of nitrogens with zero attached hydrogens (tertiary/aromatic N) is 5. The molecule has 3 aromatic heterocycles. The van der Waals surface area contributed by atoms with Gasteiger partial charge in [0.05, 0.1) is 24.1 Å². The first-order valence-electron chi connectivity index (χ1n) is 10.8. The molecule has 0 unspecified atom stereocenters. The summed E-state index contributed by atoms with van der Waals surface area (Å²) >= 11 is 5.89. The number of benzene rings is 2. The molecule has 1 amide bonds. The van der Waals surface area contributed by atoms with Crippen molar-refractivity contribution in [3.63, 3.8) is 0 Å². The number of aromatic nitrogens is 5. The molecule has 0 bridgehead atoms. The van der Waals surface area contributed by atoms with Crippen molar-refractivity contribution in [2.75, 3.05) is 5.32 Å². The quantitative estimate of drug-likeness (QED) is 0.320. The lowest BCUT2D eigenvalue weighted by Gasteiger charge is -2.11. The van der Waals surface area contributed by atoms with Gasteiger partial charge < -0.3 is 5.32 Å². The Morgan fingerprint density at radius 3 is 2.56 bits per heavy atom. The summed E-state index contributed by atoms with van der Waals surface area (Å²) in [5, 5.41) is 11.2. The van der Waals surface area contributed by atoms with Gasteiger partial charge in [-0.2, -0.15) is 23.4 Å². The van der Waals surface area contributed by atoms with Crippen molar-refractivity contribution in [1.29, 1.82) is 0 Å². The molecule has 0 fully saturated rings. The van der Waals surface area contributed by atoms with Gasteiger partial charge in [0, 0.05) is 22.8 Å². The Kier molecular flexibility index (Phi) is 5.97. The van der Waals surface area contributed by atoms with Gasteiger partial charge in [0.1, 0.15) is 0 Å². The van der Waals surface area contributed by atoms with Gasteiger partial charge in [-0.05, 0) is 36.2 Å². The second kappa shape index (κ2) is 9.12. The van der Waals surface area contributed by atoms with Crippen LogP contribution in [-0.2, 0) is 12.7 Å². The third-order valence-electron chi connectivity index (χ3n) is 5.57. The minimum Gasteiger partial charge on any atom is -0.318 e. The van der Waals surface area contributed by atoms with Crippen molar-refractivity contribution < 1.29 is 18.0 Å². The highest BCUT2D eigenvalue weighted by Crippen LogP contribution is 2.32. The van der Waals surface area contributed by atoms with E-state index < -0.39 is 17.8 Å². The number of fused-ring (bicyclic) bond motifs is 1. The Balaban J connectivity index is 1.43. The van der Waals surface area contributed by atoms with Gasteiger partial charge in [-0.15, -0.1) is 0 Å². The first-order valence-corrected chi connectivity index (χ1v) is 11.2. The van der Waals surface area contributed by atoms with E-state index >= 15 is 0 Å². The van der Waals surface area contributed by atoms with Crippen molar-refractivity contribution >= 4 is 28.8 Å². The second-order valence-electron chi connectivity index (χ2n) is 8.14. The third-order valence-corrected chi connectivity index (χ3v) is 5.83. The Labute approximate surface area is 208 Å². The molecular weight excluding hydrogens is 493 g/mol. The van der Waals surface area contributed by atoms with E-state index in [2.05, 4.69) is 20.5 Å². The third kappa shape index (κ3) is 4.80. The summed E-state index contributed by atoms with van der Waals surface area (Å²) in [6, 6.07) is 16.2. The van der Waals surface area contributed by atoms with Crippen LogP contribution in [0.2, 0.25) is 5.02 Å². The molecule has 0 radical (unpaired) electrons. The molecule has 1 N–H and O–H groups in total. The Morgan fingerprint density at radius 2 is 1.83 bits per heavy atom. The van der Waals surface area contributed by atoms with Crippen LogP contribution in [-0.4, -0.2) is 30.3 Å². The molecule has 11 heteroatoms. The number of rotatable bonds is 5. The van der Waals surface area contributed by atoms with Gasteiger partial charge >= 0.3 is 6.18 Å². The molecule has 0 saturated heterocycles. The largest absolute Gasteiger partial charge is 0.433 e. The average Bonchev–Trinajstić information content (AvgIpc) is 3.46. The number of amides is 1. The Morgan fingerprint density at radius 1 is 1.08 bits per heavy atom. The van der Waals surface area contributed by atoms with Crippen LogP contribution >= 0.6 is 11.6 Å². The summed E-state index contributed by atoms with van der Waals surface area (Å²) in [4.78, 5) is 17.1. The van der Waals surface area contributed by atoms with Gasteiger partial charge in [-0.25, -0.2) is 9.50 Å². The summed E-state index contributed by atoms with van der Waals surface area (Å²) in [6.07, 6.45) is -1.62. The maximum Gasteiger partial charge on any atom is 0.433 e. The standard InChI is InChI=1S/C25H18ClF3N6O/c1-15-4-2-3-5-17(15)13-34-14-19(12-30-34)31-24(36)21-11-23-32-20(16-6-8-18(26)9-7-16)10-22(25(27,28)29)35(23)33-21/h2-12,14H,13H2,1H3,(H,31,36). The predicted molar refractivity (Wildman–Crippen MR) is 129 cm³/mol. The van der Waals surface area contributed by atoms with Gasteiger partial charge in [0.25, 0.3) is 5.91 Å². The molecule has 5 rings (SSSR count). The van der Waals surface area contributed by atoms with E-state index in [1.54, 1.807) is 35.1 Å². The van der Waals surface area contributed by atoms with Crippen molar-refractivity contribution in [2.45, 2.75) is 19.6 Å². The van der Waals surface area contributed by atoms with Crippen LogP contribution in [0.3, 0.4) is 0 Å². The molecule has 2 aromatic carbocycles. The number of carbonyl (C=O) groups excluding carboxylic acids is 1. The molecule has 7 nitrogen and oxygen atoms in total. The van der Waals surface area contributed by atoms with Crippen molar-refractivity contribution in [1.82, 2.24) is 24.4 Å². The number of carbonyl (C=O) groups is 1. The predicted octanol–water partition coefficient (Wildman–Crippen LogP) is 5.87. The number of hydrogen-bond donors (Lipinski definition) is 1. The number of nitrogens with one attached hydrogen (secondary N) is 1. The first kappa shape index (κ1) is 23.6. The van der Waals surface area contributed by atoms with Crippen molar-refractivity contribution in [2.24, 2.45) is 0 Å². The van der Waals surface area contributed by atoms with Crippen LogP contribution in [0.25, 0.3) is 16.9 Å². The number of hydrogen-bond acceptors (Lipinski definition) is 4. The van der Waals surface area contributed by atoms with Crippen LogP contribution in [0, 0.1) is 6.92 Å². The zero-order valence-electron chi connectivity index (χ0n) is 18.8. The van der Waals surface area contributed by atoms with Gasteiger partial charge in [0.15, 0.2) is 17.0 Å². The smallest absolute Gasteiger partial charge is 0.318 e. The fourth-order valence-electron chi connectivity index (χ4n) is 3.73. The fraction of sp³-hybridized carbons (Fsp3) is 0.120. The summed E-state index contributed by atoms with van der Waals surface area (Å²) in [5.41, 5.74) is 1.70. The second-order valence-corrected chi connectivity index (χ2v) is 8.57. The molecule has 0 aliphatic heterocycles. The van der Waals surface area contributed by atoms with Crippen LogP contribution < -0.4 is 5.32 Å². The molecule has 0 saturated carbocycles. The summed E-state index contributed by atoms with van der Waals surface area (Å²) in [7, 11) is 0. The number of anilines is 1. The van der Waals surface area contributed by atoms with Gasteiger partial charge in [-0.3, -0.25) is 9.48 Å². The summed E-state index contributed by atoms with van der Waals surface area (Å²) in [5.74, 6) is -0.683. The highest BCUT2D eigenvalue weighted by molar-refractivity contribution is 6.30. The Bertz CT molecular complexity index is 1570. The lowest BCUT2D eigenvalue weighted by Crippen LogP contribution is -2.15. The minimum atomic E-state index is -4.72. The monoisotopic (exact) mass is 510 g/mol. The number of halogens is 4. The average molecular weight is 511 g/mol. The highest BCUT2D eigenvalue weighted by Gasteiger charge is 2.35. The van der Waals surface area contributed by atoms with Gasteiger partial charge in [-0.1, -0.05) is 48.0 Å². The Hall–Kier alpha value is -4.18. The maximum atomic E-state index is 13.8. The lowest BCUT2D eigenvalue weighted by molar-refractivity contribution is -0.142. The van der Waals surface area contributed by atoms with Crippen LogP contribution in [0.1, 0.15) is 27.3 Å². The molecule has 0 aliphatic rings. The summed E-state index contributed by atoms with van der Waals surface area (Å²) in [6.45, 7) is 2.50. The highest BCUT2D eigenvalue weighted by atomic mass is 35.5. The molecule has 3 heterocycles. The number of aryl methyl sites for hydroxylation is 1. The topological polar surface area (TPSA) is 77.1 Å². The zero-order valence-corrected chi connectivity index (χ0v) is 19.5. The molecule has 0 atom stereocenters. The van der Waals surface area contributed by atoms with E-state index in [0.29, 0.717) is 27.3 Å². The van der Waals surface area contributed by atoms with E-state index in [-0.39, 0.29) is 17.0 Å². The SMILES string of the molecule is Cc1ccccc1Cn1cc(NC(=O)c2cc3nc(-c4ccc(Cl)cc4)cc(C(F)(F)F)n3n2)cn1.